The smallest absolute Gasteiger partial charge is 0.222 e. The topological polar surface area (TPSA) is 49.4 Å². The van der Waals surface area contributed by atoms with Crippen molar-refractivity contribution in [1.29, 1.82) is 0 Å². The Bertz CT molecular complexity index is 328. The van der Waals surface area contributed by atoms with E-state index in [0.717, 1.165) is 32.4 Å². The molecule has 1 N–H and O–H groups in total. The second-order valence-corrected chi connectivity index (χ2v) is 6.03. The van der Waals surface area contributed by atoms with E-state index in [-0.39, 0.29) is 5.91 Å². The van der Waals surface area contributed by atoms with Gasteiger partial charge in [-0.25, -0.2) is 0 Å². The van der Waals surface area contributed by atoms with Gasteiger partial charge in [-0.1, -0.05) is 13.8 Å². The van der Waals surface area contributed by atoms with E-state index in [2.05, 4.69) is 19.2 Å². The molecule has 0 aromatic heterocycles. The molecule has 2 fully saturated rings. The zero-order valence-electron chi connectivity index (χ0n) is 11.4. The lowest BCUT2D eigenvalue weighted by atomic mass is 9.85. The molecule has 0 aromatic rings. The molecule has 0 radical (unpaired) electrons. The Morgan fingerprint density at radius 2 is 2.22 bits per heavy atom. The quantitative estimate of drug-likeness (QED) is 0.828. The molecule has 2 unspecified atom stereocenters. The van der Waals surface area contributed by atoms with Crippen LogP contribution in [0.25, 0.3) is 0 Å². The number of amides is 2. The van der Waals surface area contributed by atoms with Crippen molar-refractivity contribution in [3.8, 4) is 0 Å². The van der Waals surface area contributed by atoms with Crippen LogP contribution >= 0.6 is 0 Å². The van der Waals surface area contributed by atoms with E-state index in [0.29, 0.717) is 36.6 Å². The molecule has 18 heavy (non-hydrogen) atoms. The fourth-order valence-corrected chi connectivity index (χ4v) is 2.91. The first-order valence-corrected chi connectivity index (χ1v) is 7.13. The van der Waals surface area contributed by atoms with Gasteiger partial charge in [0.15, 0.2) is 0 Å². The molecule has 102 valence electrons. The molecule has 0 bridgehead atoms. The molecule has 0 aliphatic carbocycles. The first kappa shape index (κ1) is 13.4. The number of carbonyl (C=O) groups excluding carboxylic acids is 2. The number of piperidine rings is 2. The number of fused-ring (bicyclic) bond motifs is 1. The largest absolute Gasteiger partial charge is 0.353 e. The number of likely N-dealkylation sites (tertiary alicyclic amines) is 1. The van der Waals surface area contributed by atoms with Crippen LogP contribution in [0.15, 0.2) is 0 Å². The van der Waals surface area contributed by atoms with Crippen LogP contribution in [0.2, 0.25) is 0 Å². The van der Waals surface area contributed by atoms with Gasteiger partial charge in [0.2, 0.25) is 11.8 Å². The molecule has 2 saturated heterocycles. The van der Waals surface area contributed by atoms with Crippen molar-refractivity contribution in [2.45, 2.75) is 52.0 Å². The second kappa shape index (κ2) is 5.72. The minimum absolute atomic E-state index is 0.177. The summed E-state index contributed by atoms with van der Waals surface area (Å²) in [5, 5.41) is 3.05. The summed E-state index contributed by atoms with van der Waals surface area (Å²) in [6.45, 7) is 5.94. The summed E-state index contributed by atoms with van der Waals surface area (Å²) >= 11 is 0. The highest BCUT2D eigenvalue weighted by Gasteiger charge is 2.34. The van der Waals surface area contributed by atoms with Gasteiger partial charge in [-0.05, 0) is 31.1 Å². The fraction of sp³-hybridized carbons (Fsp3) is 0.857. The SMILES string of the molecule is CC(C)CCC(=O)N1CCC2NC(=O)CCC2C1. The maximum atomic E-state index is 12.1. The van der Waals surface area contributed by atoms with Crippen LogP contribution in [-0.2, 0) is 9.59 Å². The third-order valence-electron chi connectivity index (χ3n) is 4.11. The van der Waals surface area contributed by atoms with Crippen LogP contribution in [0.1, 0.15) is 46.0 Å². The lowest BCUT2D eigenvalue weighted by molar-refractivity contribution is -0.135. The van der Waals surface area contributed by atoms with Gasteiger partial charge in [-0.15, -0.1) is 0 Å². The van der Waals surface area contributed by atoms with Crippen molar-refractivity contribution < 1.29 is 9.59 Å². The van der Waals surface area contributed by atoms with Gasteiger partial charge in [0.1, 0.15) is 0 Å². The van der Waals surface area contributed by atoms with E-state index < -0.39 is 0 Å². The van der Waals surface area contributed by atoms with Gasteiger partial charge in [0, 0.05) is 32.0 Å². The van der Waals surface area contributed by atoms with Gasteiger partial charge in [-0.2, -0.15) is 0 Å². The standard InChI is InChI=1S/C14H24N2O2/c1-10(2)3-6-14(18)16-8-7-12-11(9-16)4-5-13(17)15-12/h10-12H,3-9H2,1-2H3,(H,15,17). The summed E-state index contributed by atoms with van der Waals surface area (Å²) in [5.41, 5.74) is 0. The van der Waals surface area contributed by atoms with Gasteiger partial charge >= 0.3 is 0 Å². The van der Waals surface area contributed by atoms with Crippen molar-refractivity contribution in [1.82, 2.24) is 10.2 Å². The third kappa shape index (κ3) is 3.24. The Hall–Kier alpha value is -1.06. The van der Waals surface area contributed by atoms with Crippen LogP contribution in [0, 0.1) is 11.8 Å². The number of hydrogen-bond acceptors (Lipinski definition) is 2. The molecule has 2 aliphatic heterocycles. The molecular weight excluding hydrogens is 228 g/mol. The molecule has 0 aromatic carbocycles. The van der Waals surface area contributed by atoms with E-state index >= 15 is 0 Å². The highest BCUT2D eigenvalue weighted by Crippen LogP contribution is 2.25. The Morgan fingerprint density at radius 3 is 2.94 bits per heavy atom. The Kier molecular flexibility index (Phi) is 4.25. The predicted molar refractivity (Wildman–Crippen MR) is 69.9 cm³/mol. The zero-order valence-corrected chi connectivity index (χ0v) is 11.4. The average Bonchev–Trinajstić information content (AvgIpc) is 2.35. The van der Waals surface area contributed by atoms with Crippen molar-refractivity contribution >= 4 is 11.8 Å². The van der Waals surface area contributed by atoms with Crippen LogP contribution in [0.5, 0.6) is 0 Å². The first-order valence-electron chi connectivity index (χ1n) is 7.13. The maximum Gasteiger partial charge on any atom is 0.222 e. The number of hydrogen-bond donors (Lipinski definition) is 1. The van der Waals surface area contributed by atoms with E-state index in [4.69, 9.17) is 0 Å². The van der Waals surface area contributed by atoms with Gasteiger partial charge in [0.25, 0.3) is 0 Å². The summed E-state index contributed by atoms with van der Waals surface area (Å²) in [4.78, 5) is 25.4. The fourth-order valence-electron chi connectivity index (χ4n) is 2.91. The summed E-state index contributed by atoms with van der Waals surface area (Å²) in [7, 11) is 0. The molecule has 0 spiro atoms. The molecule has 4 heteroatoms. The van der Waals surface area contributed by atoms with Gasteiger partial charge in [0.05, 0.1) is 0 Å². The van der Waals surface area contributed by atoms with Crippen LogP contribution in [0.3, 0.4) is 0 Å². The molecule has 0 saturated carbocycles. The minimum Gasteiger partial charge on any atom is -0.353 e. The van der Waals surface area contributed by atoms with Crippen LogP contribution in [0.4, 0.5) is 0 Å². The van der Waals surface area contributed by atoms with Gasteiger partial charge < -0.3 is 10.2 Å². The summed E-state index contributed by atoms with van der Waals surface area (Å²) < 4.78 is 0. The lowest BCUT2D eigenvalue weighted by Crippen LogP contribution is -2.55. The van der Waals surface area contributed by atoms with Crippen molar-refractivity contribution in [3.05, 3.63) is 0 Å². The first-order chi connectivity index (χ1) is 8.56. The Labute approximate surface area is 109 Å². The summed E-state index contributed by atoms with van der Waals surface area (Å²) in [6, 6.07) is 0.306. The predicted octanol–water partition coefficient (Wildman–Crippen LogP) is 1.55. The van der Waals surface area contributed by atoms with Crippen molar-refractivity contribution in [2.24, 2.45) is 11.8 Å². The molecule has 2 atom stereocenters. The van der Waals surface area contributed by atoms with Crippen LogP contribution < -0.4 is 5.32 Å². The molecular formula is C14H24N2O2. The lowest BCUT2D eigenvalue weighted by Gasteiger charge is -2.41. The highest BCUT2D eigenvalue weighted by molar-refractivity contribution is 5.78. The summed E-state index contributed by atoms with van der Waals surface area (Å²) in [6.07, 6.45) is 4.12. The number of nitrogens with zero attached hydrogens (tertiary/aromatic N) is 1. The monoisotopic (exact) mass is 252 g/mol. The molecule has 4 nitrogen and oxygen atoms in total. The maximum absolute atomic E-state index is 12.1. The van der Waals surface area contributed by atoms with E-state index in [9.17, 15) is 9.59 Å². The average molecular weight is 252 g/mol. The third-order valence-corrected chi connectivity index (χ3v) is 4.11. The number of carbonyl (C=O) groups is 2. The Morgan fingerprint density at radius 1 is 1.44 bits per heavy atom. The minimum atomic E-state index is 0.177. The molecule has 2 amide bonds. The molecule has 2 aliphatic rings. The zero-order chi connectivity index (χ0) is 13.1. The second-order valence-electron chi connectivity index (χ2n) is 6.03. The highest BCUT2D eigenvalue weighted by atomic mass is 16.2. The van der Waals surface area contributed by atoms with E-state index in [1.165, 1.54) is 0 Å². The van der Waals surface area contributed by atoms with Crippen molar-refractivity contribution in [3.63, 3.8) is 0 Å². The number of nitrogens with one attached hydrogen (secondary N) is 1. The van der Waals surface area contributed by atoms with Crippen LogP contribution in [-0.4, -0.2) is 35.8 Å². The molecule has 2 rings (SSSR count). The molecule has 2 heterocycles. The van der Waals surface area contributed by atoms with Gasteiger partial charge in [-0.3, -0.25) is 9.59 Å². The normalized spacial score (nSPS) is 27.9. The number of rotatable bonds is 3. The van der Waals surface area contributed by atoms with E-state index in [1.54, 1.807) is 0 Å². The van der Waals surface area contributed by atoms with E-state index in [1.807, 2.05) is 4.90 Å². The Balaban J connectivity index is 1.83. The van der Waals surface area contributed by atoms with Crippen molar-refractivity contribution in [2.75, 3.05) is 13.1 Å². The summed E-state index contributed by atoms with van der Waals surface area (Å²) in [5.74, 6) is 1.52.